The molecule has 0 bridgehead atoms. The molecule has 1 aliphatic rings. The van der Waals surface area contributed by atoms with E-state index in [1.165, 1.54) is 11.8 Å². The van der Waals surface area contributed by atoms with Crippen LogP contribution in [0.3, 0.4) is 0 Å². The zero-order chi connectivity index (χ0) is 19.5. The van der Waals surface area contributed by atoms with Crippen molar-refractivity contribution in [3.8, 4) is 0 Å². The normalized spacial score (nSPS) is 17.6. The zero-order valence-electron chi connectivity index (χ0n) is 15.4. The van der Waals surface area contributed by atoms with Crippen molar-refractivity contribution in [1.82, 2.24) is 5.32 Å². The number of quaternary nitrogens is 1. The summed E-state index contributed by atoms with van der Waals surface area (Å²) in [5.41, 5.74) is 1.84. The Hall–Kier alpha value is -2.64. The Balaban J connectivity index is 1.81. The number of carbonyl (C=O) groups is 2. The minimum absolute atomic E-state index is 0.0499. The number of nitrogens with one attached hydrogen (secondary N) is 1. The van der Waals surface area contributed by atoms with Gasteiger partial charge in [0.1, 0.15) is 0 Å². The maximum absolute atomic E-state index is 11.9. The van der Waals surface area contributed by atoms with Crippen molar-refractivity contribution in [2.24, 2.45) is 5.10 Å². The van der Waals surface area contributed by atoms with Gasteiger partial charge in [-0.05, 0) is 24.1 Å². The molecule has 1 aliphatic heterocycles. The second-order valence-electron chi connectivity index (χ2n) is 5.88. The predicted octanol–water partition coefficient (Wildman–Crippen LogP) is 1.45. The van der Waals surface area contributed by atoms with Crippen molar-refractivity contribution in [2.45, 2.75) is 12.5 Å². The SMILES string of the molecule is C=C/C=C(\C=C/[NH2+]CC(=O)NC1CCSC1=O)/C=N/N(C)c1ccccc1. The predicted molar refractivity (Wildman–Crippen MR) is 112 cm³/mol. The van der Waals surface area contributed by atoms with Gasteiger partial charge in [0.05, 0.1) is 24.1 Å². The van der Waals surface area contributed by atoms with Gasteiger partial charge in [0.15, 0.2) is 6.54 Å². The van der Waals surface area contributed by atoms with Crippen LogP contribution in [0.5, 0.6) is 0 Å². The average molecular weight is 386 g/mol. The van der Waals surface area contributed by atoms with Crippen molar-refractivity contribution >= 4 is 34.7 Å². The Bertz CT molecular complexity index is 744. The number of rotatable bonds is 9. The van der Waals surface area contributed by atoms with E-state index in [0.717, 1.165) is 17.0 Å². The van der Waals surface area contributed by atoms with Crippen LogP contribution in [0, 0.1) is 0 Å². The Labute approximate surface area is 164 Å². The summed E-state index contributed by atoms with van der Waals surface area (Å²) in [5, 5.41) is 10.8. The van der Waals surface area contributed by atoms with Crippen LogP contribution in [0.4, 0.5) is 5.69 Å². The topological polar surface area (TPSA) is 78.4 Å². The smallest absolute Gasteiger partial charge is 0.276 e. The monoisotopic (exact) mass is 385 g/mol. The summed E-state index contributed by atoms with van der Waals surface area (Å²) in [4.78, 5) is 23.4. The Morgan fingerprint density at radius 1 is 1.44 bits per heavy atom. The van der Waals surface area contributed by atoms with E-state index < -0.39 is 0 Å². The number of hydrogen-bond acceptors (Lipinski definition) is 5. The first-order valence-electron chi connectivity index (χ1n) is 8.71. The van der Waals surface area contributed by atoms with E-state index in [4.69, 9.17) is 0 Å². The van der Waals surface area contributed by atoms with Crippen LogP contribution >= 0.6 is 11.8 Å². The summed E-state index contributed by atoms with van der Waals surface area (Å²) in [5.74, 6) is 0.632. The highest BCUT2D eigenvalue weighted by atomic mass is 32.2. The lowest BCUT2D eigenvalue weighted by Crippen LogP contribution is -2.81. The molecule has 0 aromatic heterocycles. The first-order valence-corrected chi connectivity index (χ1v) is 9.70. The number of anilines is 1. The zero-order valence-corrected chi connectivity index (χ0v) is 16.2. The molecule has 0 spiro atoms. The molecule has 3 N–H and O–H groups in total. The summed E-state index contributed by atoms with van der Waals surface area (Å²) in [6.07, 6.45) is 9.62. The minimum Gasteiger partial charge on any atom is -0.340 e. The lowest BCUT2D eigenvalue weighted by Gasteiger charge is -2.12. The largest absolute Gasteiger partial charge is 0.340 e. The maximum atomic E-state index is 11.9. The van der Waals surface area contributed by atoms with Crippen LogP contribution in [0.25, 0.3) is 0 Å². The van der Waals surface area contributed by atoms with Gasteiger partial charge in [-0.1, -0.05) is 48.7 Å². The summed E-state index contributed by atoms with van der Waals surface area (Å²) < 4.78 is 0. The number of hydrogen-bond donors (Lipinski definition) is 2. The van der Waals surface area contributed by atoms with Crippen molar-refractivity contribution < 1.29 is 14.9 Å². The van der Waals surface area contributed by atoms with Crippen molar-refractivity contribution in [1.29, 1.82) is 0 Å². The molecular weight excluding hydrogens is 360 g/mol. The second kappa shape index (κ2) is 11.2. The fraction of sp³-hybridized carbons (Fsp3) is 0.250. The molecule has 1 atom stereocenters. The molecule has 1 aromatic rings. The van der Waals surface area contributed by atoms with E-state index >= 15 is 0 Å². The van der Waals surface area contributed by atoms with Crippen molar-refractivity contribution in [3.63, 3.8) is 0 Å². The van der Waals surface area contributed by atoms with Crippen LogP contribution in [-0.2, 0) is 9.59 Å². The highest BCUT2D eigenvalue weighted by molar-refractivity contribution is 8.14. The van der Waals surface area contributed by atoms with Gasteiger partial charge in [-0.25, -0.2) is 0 Å². The van der Waals surface area contributed by atoms with Gasteiger partial charge in [0, 0.05) is 18.9 Å². The molecule has 2 rings (SSSR count). The molecule has 1 amide bonds. The number of para-hydroxylation sites is 1. The highest BCUT2D eigenvalue weighted by Crippen LogP contribution is 2.19. The Morgan fingerprint density at radius 2 is 2.22 bits per heavy atom. The third-order valence-corrected chi connectivity index (χ3v) is 4.83. The van der Waals surface area contributed by atoms with Gasteiger partial charge in [-0.15, -0.1) is 0 Å². The van der Waals surface area contributed by atoms with Gasteiger partial charge in [0.25, 0.3) is 5.91 Å². The molecule has 142 valence electrons. The molecular formula is C20H25N4O2S+. The van der Waals surface area contributed by atoms with E-state index in [1.807, 2.05) is 49.5 Å². The molecule has 0 aliphatic carbocycles. The lowest BCUT2D eigenvalue weighted by molar-refractivity contribution is -0.575. The number of nitrogens with zero attached hydrogens (tertiary/aromatic N) is 2. The fourth-order valence-electron chi connectivity index (χ4n) is 2.38. The molecule has 27 heavy (non-hydrogen) atoms. The molecule has 1 saturated heterocycles. The summed E-state index contributed by atoms with van der Waals surface area (Å²) in [6, 6.07) is 9.49. The van der Waals surface area contributed by atoms with Gasteiger partial charge < -0.3 is 10.6 Å². The minimum atomic E-state index is -0.336. The molecule has 1 heterocycles. The maximum Gasteiger partial charge on any atom is 0.276 e. The van der Waals surface area contributed by atoms with E-state index in [1.54, 1.807) is 28.8 Å². The third-order valence-electron chi connectivity index (χ3n) is 3.82. The third kappa shape index (κ3) is 7.24. The molecule has 0 saturated carbocycles. The first-order chi connectivity index (χ1) is 13.1. The van der Waals surface area contributed by atoms with Crippen LogP contribution in [-0.4, -0.2) is 42.6 Å². The molecule has 1 unspecified atom stereocenters. The van der Waals surface area contributed by atoms with Crippen LogP contribution in [0.15, 0.2) is 72.0 Å². The molecule has 0 radical (unpaired) electrons. The van der Waals surface area contributed by atoms with Crippen LogP contribution in [0.2, 0.25) is 0 Å². The fourth-order valence-corrected chi connectivity index (χ4v) is 3.31. The van der Waals surface area contributed by atoms with Gasteiger partial charge in [-0.3, -0.25) is 14.6 Å². The molecule has 1 fully saturated rings. The van der Waals surface area contributed by atoms with Crippen LogP contribution < -0.4 is 15.6 Å². The summed E-state index contributed by atoms with van der Waals surface area (Å²) in [7, 11) is 1.88. The number of allylic oxidation sites excluding steroid dienone is 4. The van der Waals surface area contributed by atoms with Crippen molar-refractivity contribution in [2.75, 3.05) is 24.4 Å². The Kier molecular flexibility index (Phi) is 8.54. The summed E-state index contributed by atoms with van der Waals surface area (Å²) in [6.45, 7) is 3.94. The number of carbonyl (C=O) groups excluding carboxylic acids is 2. The van der Waals surface area contributed by atoms with E-state index in [0.29, 0.717) is 6.42 Å². The second-order valence-corrected chi connectivity index (χ2v) is 6.98. The van der Waals surface area contributed by atoms with Crippen molar-refractivity contribution in [3.05, 3.63) is 66.9 Å². The number of nitrogens with two attached hydrogens (primary N) is 1. The van der Waals surface area contributed by atoms with Gasteiger partial charge in [0.2, 0.25) is 5.12 Å². The number of benzene rings is 1. The molecule has 6 nitrogen and oxygen atoms in total. The summed E-state index contributed by atoms with van der Waals surface area (Å²) >= 11 is 1.28. The number of amides is 1. The van der Waals surface area contributed by atoms with Gasteiger partial charge >= 0.3 is 0 Å². The molecule has 1 aromatic carbocycles. The quantitative estimate of drug-likeness (QED) is 0.383. The van der Waals surface area contributed by atoms with Gasteiger partial charge in [-0.2, -0.15) is 5.10 Å². The number of hydrazone groups is 1. The van der Waals surface area contributed by atoms with E-state index in [9.17, 15) is 9.59 Å². The number of thioether (sulfide) groups is 1. The lowest BCUT2D eigenvalue weighted by atomic mass is 10.2. The first kappa shape index (κ1) is 20.7. The van der Waals surface area contributed by atoms with Crippen LogP contribution in [0.1, 0.15) is 6.42 Å². The highest BCUT2D eigenvalue weighted by Gasteiger charge is 2.26. The average Bonchev–Trinajstić information content (AvgIpc) is 3.08. The van der Waals surface area contributed by atoms with E-state index in [2.05, 4.69) is 17.0 Å². The van der Waals surface area contributed by atoms with E-state index in [-0.39, 0.29) is 23.6 Å². The molecule has 7 heteroatoms. The Morgan fingerprint density at radius 3 is 2.89 bits per heavy atom. The standard InChI is InChI=1S/C20H24N4O2S/c1-3-7-16(14-22-24(2)17-8-5-4-6-9-17)10-12-21-15-19(25)23-18-11-13-27-20(18)26/h3-10,12,14,18,21H,1,11,13,15H2,2H3,(H,23,25)/p+1/b12-10-,16-7+,22-14+.